The van der Waals surface area contributed by atoms with Gasteiger partial charge in [0.15, 0.2) is 15.7 Å². The van der Waals surface area contributed by atoms with E-state index in [-0.39, 0.29) is 18.0 Å². The highest BCUT2D eigenvalue weighted by Crippen LogP contribution is 2.21. The predicted octanol–water partition coefficient (Wildman–Crippen LogP) is 2.51. The first-order valence-corrected chi connectivity index (χ1v) is 7.37. The quantitative estimate of drug-likeness (QED) is 0.899. The van der Waals surface area contributed by atoms with Gasteiger partial charge < -0.3 is 5.32 Å². The summed E-state index contributed by atoms with van der Waals surface area (Å²) in [5, 5.41) is 2.01. The topological polar surface area (TPSA) is 46.2 Å². The van der Waals surface area contributed by atoms with Crippen LogP contribution in [0.1, 0.15) is 19.4 Å². The van der Waals surface area contributed by atoms with E-state index in [1.54, 1.807) is 13.8 Å². The highest BCUT2D eigenvalue weighted by Gasteiger charge is 2.17. The van der Waals surface area contributed by atoms with E-state index in [9.17, 15) is 17.2 Å². The fraction of sp³-hybridized carbons (Fsp3) is 0.500. The predicted molar refractivity (Wildman–Crippen MR) is 68.5 cm³/mol. The summed E-state index contributed by atoms with van der Waals surface area (Å²) in [6, 6.07) is 2.48. The third-order valence-electron chi connectivity index (χ3n) is 2.69. The standard InChI is InChI=1S/C12H17F2NO2S/c1-8(2)18(16,17)7-6-15-12-10(13)5-4-9(3)11(12)14/h4-5,8,15H,6-7H2,1-3H3. The Morgan fingerprint density at radius 2 is 1.89 bits per heavy atom. The zero-order chi connectivity index (χ0) is 13.9. The molecule has 0 aliphatic heterocycles. The maximum atomic E-state index is 13.6. The molecule has 0 bridgehead atoms. The van der Waals surface area contributed by atoms with E-state index in [4.69, 9.17) is 0 Å². The van der Waals surface area contributed by atoms with Crippen molar-refractivity contribution in [2.75, 3.05) is 17.6 Å². The second-order valence-electron chi connectivity index (χ2n) is 4.40. The molecule has 0 saturated heterocycles. The molecule has 0 atom stereocenters. The Hall–Kier alpha value is -1.17. The van der Waals surface area contributed by atoms with Gasteiger partial charge in [-0.05, 0) is 32.4 Å². The van der Waals surface area contributed by atoms with Gasteiger partial charge in [0.05, 0.1) is 11.0 Å². The summed E-state index contributed by atoms with van der Waals surface area (Å²) in [7, 11) is -3.21. The number of aryl methyl sites for hydroxylation is 1. The molecule has 0 saturated carbocycles. The molecule has 1 aromatic carbocycles. The van der Waals surface area contributed by atoms with Crippen LogP contribution in [0, 0.1) is 18.6 Å². The Morgan fingerprint density at radius 1 is 1.28 bits per heavy atom. The van der Waals surface area contributed by atoms with Gasteiger partial charge in [0.1, 0.15) is 11.5 Å². The number of sulfone groups is 1. The molecule has 0 fully saturated rings. The highest BCUT2D eigenvalue weighted by molar-refractivity contribution is 7.92. The zero-order valence-corrected chi connectivity index (χ0v) is 11.4. The lowest BCUT2D eigenvalue weighted by molar-refractivity contribution is 0.579. The van der Waals surface area contributed by atoms with E-state index >= 15 is 0 Å². The SMILES string of the molecule is Cc1ccc(F)c(NCCS(=O)(=O)C(C)C)c1F. The van der Waals surface area contributed by atoms with Gasteiger partial charge in [-0.1, -0.05) is 6.07 Å². The second-order valence-corrected chi connectivity index (χ2v) is 7.07. The summed E-state index contributed by atoms with van der Waals surface area (Å²) in [5.74, 6) is -1.56. The van der Waals surface area contributed by atoms with E-state index in [0.717, 1.165) is 6.07 Å². The van der Waals surface area contributed by atoms with Crippen LogP contribution in [-0.4, -0.2) is 26.0 Å². The summed E-state index contributed by atoms with van der Waals surface area (Å²) < 4.78 is 50.0. The number of benzene rings is 1. The Bertz CT molecular complexity index is 527. The number of halogens is 2. The number of hydrogen-bond donors (Lipinski definition) is 1. The van der Waals surface area contributed by atoms with Crippen molar-refractivity contribution in [3.8, 4) is 0 Å². The molecule has 0 spiro atoms. The van der Waals surface area contributed by atoms with Crippen molar-refractivity contribution in [2.45, 2.75) is 26.0 Å². The largest absolute Gasteiger partial charge is 0.379 e. The van der Waals surface area contributed by atoms with Crippen LogP contribution in [0.25, 0.3) is 0 Å². The van der Waals surface area contributed by atoms with Crippen LogP contribution in [0.15, 0.2) is 12.1 Å². The lowest BCUT2D eigenvalue weighted by atomic mass is 10.2. The van der Waals surface area contributed by atoms with E-state index < -0.39 is 26.7 Å². The third kappa shape index (κ3) is 3.41. The summed E-state index contributed by atoms with van der Waals surface area (Å²) in [5.41, 5.74) is 0.0413. The van der Waals surface area contributed by atoms with Crippen molar-refractivity contribution in [3.63, 3.8) is 0 Å². The number of nitrogens with one attached hydrogen (secondary N) is 1. The van der Waals surface area contributed by atoms with Crippen LogP contribution in [0.4, 0.5) is 14.5 Å². The molecule has 1 aromatic rings. The van der Waals surface area contributed by atoms with Crippen LogP contribution < -0.4 is 5.32 Å². The van der Waals surface area contributed by atoms with Crippen LogP contribution in [0.5, 0.6) is 0 Å². The van der Waals surface area contributed by atoms with Crippen molar-refractivity contribution in [1.29, 1.82) is 0 Å². The third-order valence-corrected chi connectivity index (χ3v) is 4.90. The minimum Gasteiger partial charge on any atom is -0.379 e. The number of rotatable bonds is 5. The first-order chi connectivity index (χ1) is 8.25. The molecule has 102 valence electrons. The summed E-state index contributed by atoms with van der Waals surface area (Å²) in [4.78, 5) is 0. The van der Waals surface area contributed by atoms with E-state index in [1.807, 2.05) is 0 Å². The summed E-state index contributed by atoms with van der Waals surface area (Å²) in [6.07, 6.45) is 0. The lowest BCUT2D eigenvalue weighted by Gasteiger charge is -2.11. The fourth-order valence-electron chi connectivity index (χ4n) is 1.37. The molecule has 0 aliphatic rings. The Labute approximate surface area is 106 Å². The van der Waals surface area contributed by atoms with Crippen molar-refractivity contribution in [2.24, 2.45) is 0 Å². The first kappa shape index (κ1) is 14.9. The van der Waals surface area contributed by atoms with Gasteiger partial charge >= 0.3 is 0 Å². The van der Waals surface area contributed by atoms with Crippen LogP contribution in [0.2, 0.25) is 0 Å². The molecule has 3 nitrogen and oxygen atoms in total. The smallest absolute Gasteiger partial charge is 0.154 e. The molecular formula is C12H17F2NO2S. The molecule has 0 unspecified atom stereocenters. The number of hydrogen-bond acceptors (Lipinski definition) is 3. The van der Waals surface area contributed by atoms with Gasteiger partial charge in [-0.25, -0.2) is 17.2 Å². The van der Waals surface area contributed by atoms with Crippen molar-refractivity contribution in [3.05, 3.63) is 29.3 Å². The van der Waals surface area contributed by atoms with Crippen LogP contribution in [-0.2, 0) is 9.84 Å². The summed E-state index contributed by atoms with van der Waals surface area (Å²) >= 11 is 0. The first-order valence-electron chi connectivity index (χ1n) is 5.65. The van der Waals surface area contributed by atoms with Gasteiger partial charge in [-0.15, -0.1) is 0 Å². The Morgan fingerprint density at radius 3 is 2.44 bits per heavy atom. The van der Waals surface area contributed by atoms with E-state index in [1.165, 1.54) is 13.0 Å². The van der Waals surface area contributed by atoms with Crippen molar-refractivity contribution < 1.29 is 17.2 Å². The minimum absolute atomic E-state index is 0.0161. The molecule has 6 heteroatoms. The number of anilines is 1. The molecule has 1 N–H and O–H groups in total. The van der Waals surface area contributed by atoms with E-state index in [2.05, 4.69) is 5.32 Å². The highest BCUT2D eigenvalue weighted by atomic mass is 32.2. The average Bonchev–Trinajstić information content (AvgIpc) is 2.28. The fourth-order valence-corrected chi connectivity index (χ4v) is 2.23. The normalized spacial score (nSPS) is 11.9. The maximum Gasteiger partial charge on any atom is 0.154 e. The molecular weight excluding hydrogens is 260 g/mol. The average molecular weight is 277 g/mol. The molecule has 0 amide bonds. The van der Waals surface area contributed by atoms with Crippen LogP contribution >= 0.6 is 0 Å². The van der Waals surface area contributed by atoms with E-state index in [0.29, 0.717) is 5.56 Å². The Balaban J connectivity index is 2.74. The Kier molecular flexibility index (Phi) is 4.67. The van der Waals surface area contributed by atoms with Gasteiger partial charge in [0.2, 0.25) is 0 Å². The molecule has 1 rings (SSSR count). The molecule has 0 aromatic heterocycles. The van der Waals surface area contributed by atoms with Gasteiger partial charge in [0.25, 0.3) is 0 Å². The zero-order valence-electron chi connectivity index (χ0n) is 10.6. The molecule has 0 aliphatic carbocycles. The monoisotopic (exact) mass is 277 g/mol. The van der Waals surface area contributed by atoms with Gasteiger partial charge in [-0.3, -0.25) is 0 Å². The molecule has 18 heavy (non-hydrogen) atoms. The minimum atomic E-state index is -3.21. The van der Waals surface area contributed by atoms with Gasteiger partial charge in [0, 0.05) is 6.54 Å². The molecule has 0 heterocycles. The lowest BCUT2D eigenvalue weighted by Crippen LogP contribution is -2.23. The second kappa shape index (κ2) is 5.65. The van der Waals surface area contributed by atoms with Crippen LogP contribution in [0.3, 0.4) is 0 Å². The molecule has 0 radical (unpaired) electrons. The van der Waals surface area contributed by atoms with Crippen molar-refractivity contribution >= 4 is 15.5 Å². The summed E-state index contributed by atoms with van der Waals surface area (Å²) in [6.45, 7) is 4.65. The van der Waals surface area contributed by atoms with Gasteiger partial charge in [-0.2, -0.15) is 0 Å². The van der Waals surface area contributed by atoms with Crippen molar-refractivity contribution in [1.82, 2.24) is 0 Å². The maximum absolute atomic E-state index is 13.6.